The van der Waals surface area contributed by atoms with E-state index in [0.717, 1.165) is 0 Å². The summed E-state index contributed by atoms with van der Waals surface area (Å²) in [5.74, 6) is -0.471. The lowest BCUT2D eigenvalue weighted by molar-refractivity contribution is 0.602. The van der Waals surface area contributed by atoms with Crippen molar-refractivity contribution in [3.8, 4) is 0 Å². The molecule has 0 aliphatic carbocycles. The van der Waals surface area contributed by atoms with Crippen LogP contribution in [0.1, 0.15) is 11.6 Å². The quantitative estimate of drug-likeness (QED) is 0.600. The Morgan fingerprint density at radius 1 is 1.46 bits per heavy atom. The molecule has 0 aliphatic heterocycles. The minimum absolute atomic E-state index is 0.147. The molecule has 1 atom stereocenters. The predicted molar refractivity (Wildman–Crippen MR) is 53.5 cm³/mol. The Morgan fingerprint density at radius 3 is 2.62 bits per heavy atom. The predicted octanol–water partition coefficient (Wildman–Crippen LogP) is 3.32. The van der Waals surface area contributed by atoms with Crippen molar-refractivity contribution in [1.82, 2.24) is 0 Å². The SMILES string of the molecule is C=C[C@H](N)c1c(F)ccc(Cl)c1Cl. The standard InChI is InChI=1S/C9H8Cl2FN/c1-2-7(13)8-6(12)4-3-5(10)9(8)11/h2-4,7H,1,13H2/t7-/m0/s1. The third kappa shape index (κ3) is 2.02. The van der Waals surface area contributed by atoms with Gasteiger partial charge in [0.15, 0.2) is 0 Å². The fraction of sp³-hybridized carbons (Fsp3) is 0.111. The highest BCUT2D eigenvalue weighted by molar-refractivity contribution is 6.42. The molecule has 0 amide bonds. The molecule has 1 nitrogen and oxygen atoms in total. The first-order valence-electron chi connectivity index (χ1n) is 3.59. The Kier molecular flexibility index (Phi) is 3.31. The minimum Gasteiger partial charge on any atom is -0.321 e. The van der Waals surface area contributed by atoms with Crippen LogP contribution < -0.4 is 5.73 Å². The summed E-state index contributed by atoms with van der Waals surface area (Å²) in [5.41, 5.74) is 5.75. The normalized spacial score (nSPS) is 12.6. The molecule has 13 heavy (non-hydrogen) atoms. The number of hydrogen-bond donors (Lipinski definition) is 1. The molecule has 1 rings (SSSR count). The van der Waals surface area contributed by atoms with E-state index in [1.165, 1.54) is 18.2 Å². The highest BCUT2D eigenvalue weighted by atomic mass is 35.5. The molecule has 0 aromatic heterocycles. The van der Waals surface area contributed by atoms with Gasteiger partial charge in [-0.2, -0.15) is 0 Å². The molecular weight excluding hydrogens is 212 g/mol. The highest BCUT2D eigenvalue weighted by Crippen LogP contribution is 2.31. The van der Waals surface area contributed by atoms with Gasteiger partial charge >= 0.3 is 0 Å². The molecule has 4 heteroatoms. The Balaban J connectivity index is 3.32. The van der Waals surface area contributed by atoms with E-state index in [9.17, 15) is 4.39 Å². The van der Waals surface area contributed by atoms with Crippen LogP contribution in [0.5, 0.6) is 0 Å². The molecule has 0 fully saturated rings. The van der Waals surface area contributed by atoms with Crippen LogP contribution in [-0.2, 0) is 0 Å². The monoisotopic (exact) mass is 219 g/mol. The lowest BCUT2D eigenvalue weighted by Gasteiger charge is -2.10. The smallest absolute Gasteiger partial charge is 0.129 e. The van der Waals surface area contributed by atoms with Crippen molar-refractivity contribution in [3.05, 3.63) is 46.2 Å². The third-order valence-corrected chi connectivity index (χ3v) is 2.49. The van der Waals surface area contributed by atoms with E-state index in [4.69, 9.17) is 28.9 Å². The van der Waals surface area contributed by atoms with Crippen molar-refractivity contribution in [2.75, 3.05) is 0 Å². The Morgan fingerprint density at radius 2 is 2.08 bits per heavy atom. The first kappa shape index (κ1) is 10.5. The van der Waals surface area contributed by atoms with Gasteiger partial charge in [-0.3, -0.25) is 0 Å². The summed E-state index contributed by atoms with van der Waals surface area (Å²) in [6.45, 7) is 3.46. The van der Waals surface area contributed by atoms with Gasteiger partial charge < -0.3 is 5.73 Å². The summed E-state index contributed by atoms with van der Waals surface area (Å²) in [6, 6.07) is 1.98. The second kappa shape index (κ2) is 4.09. The van der Waals surface area contributed by atoms with Crippen LogP contribution in [-0.4, -0.2) is 0 Å². The second-order valence-corrected chi connectivity index (χ2v) is 3.30. The van der Waals surface area contributed by atoms with E-state index in [2.05, 4.69) is 6.58 Å². The maximum Gasteiger partial charge on any atom is 0.129 e. The number of nitrogens with two attached hydrogens (primary N) is 1. The summed E-state index contributed by atoms with van der Waals surface area (Å²) in [5, 5.41) is 0.435. The van der Waals surface area contributed by atoms with Crippen molar-refractivity contribution in [2.45, 2.75) is 6.04 Å². The van der Waals surface area contributed by atoms with Crippen molar-refractivity contribution >= 4 is 23.2 Å². The van der Waals surface area contributed by atoms with Gasteiger partial charge in [-0.05, 0) is 12.1 Å². The Labute approximate surface area is 85.9 Å². The first-order valence-corrected chi connectivity index (χ1v) is 4.35. The molecule has 0 unspecified atom stereocenters. The fourth-order valence-electron chi connectivity index (χ4n) is 0.966. The number of hydrogen-bond acceptors (Lipinski definition) is 1. The van der Waals surface area contributed by atoms with E-state index >= 15 is 0 Å². The molecule has 1 aromatic rings. The topological polar surface area (TPSA) is 26.0 Å². The van der Waals surface area contributed by atoms with Crippen LogP contribution in [0, 0.1) is 5.82 Å². The van der Waals surface area contributed by atoms with Crippen LogP contribution in [0.15, 0.2) is 24.8 Å². The van der Waals surface area contributed by atoms with Crippen LogP contribution in [0.2, 0.25) is 10.0 Å². The van der Waals surface area contributed by atoms with Gasteiger partial charge in [0.25, 0.3) is 0 Å². The highest BCUT2D eigenvalue weighted by Gasteiger charge is 2.14. The lowest BCUT2D eigenvalue weighted by Crippen LogP contribution is -2.09. The molecule has 70 valence electrons. The zero-order valence-corrected chi connectivity index (χ0v) is 8.24. The minimum atomic E-state index is -0.633. The summed E-state index contributed by atoms with van der Waals surface area (Å²) in [6.07, 6.45) is 1.40. The van der Waals surface area contributed by atoms with Gasteiger partial charge in [0.2, 0.25) is 0 Å². The maximum absolute atomic E-state index is 13.2. The van der Waals surface area contributed by atoms with Crippen LogP contribution in [0.25, 0.3) is 0 Å². The van der Waals surface area contributed by atoms with E-state index < -0.39 is 11.9 Å². The van der Waals surface area contributed by atoms with Crippen molar-refractivity contribution in [2.24, 2.45) is 5.73 Å². The number of rotatable bonds is 2. The molecule has 0 heterocycles. The molecule has 0 aliphatic rings. The lowest BCUT2D eigenvalue weighted by atomic mass is 10.1. The third-order valence-electron chi connectivity index (χ3n) is 1.67. The van der Waals surface area contributed by atoms with Crippen molar-refractivity contribution in [1.29, 1.82) is 0 Å². The van der Waals surface area contributed by atoms with Crippen molar-refractivity contribution in [3.63, 3.8) is 0 Å². The van der Waals surface area contributed by atoms with Gasteiger partial charge in [0.1, 0.15) is 5.82 Å². The summed E-state index contributed by atoms with van der Waals surface area (Å²) in [7, 11) is 0. The van der Waals surface area contributed by atoms with E-state index in [-0.39, 0.29) is 15.6 Å². The van der Waals surface area contributed by atoms with Crippen LogP contribution >= 0.6 is 23.2 Å². The Hall–Kier alpha value is -0.570. The summed E-state index contributed by atoms with van der Waals surface area (Å²) in [4.78, 5) is 0. The van der Waals surface area contributed by atoms with Gasteiger partial charge in [-0.25, -0.2) is 4.39 Å². The molecular formula is C9H8Cl2FN. The largest absolute Gasteiger partial charge is 0.321 e. The zero-order chi connectivity index (χ0) is 10.0. The molecule has 0 saturated heterocycles. The van der Waals surface area contributed by atoms with Gasteiger partial charge in [0, 0.05) is 5.56 Å². The average molecular weight is 220 g/mol. The number of benzene rings is 1. The van der Waals surface area contributed by atoms with Gasteiger partial charge in [-0.15, -0.1) is 6.58 Å². The molecule has 0 bridgehead atoms. The molecule has 0 saturated carbocycles. The van der Waals surface area contributed by atoms with E-state index in [1.54, 1.807) is 0 Å². The molecule has 0 spiro atoms. The number of halogens is 3. The second-order valence-electron chi connectivity index (χ2n) is 2.52. The summed E-state index contributed by atoms with van der Waals surface area (Å²) >= 11 is 11.5. The van der Waals surface area contributed by atoms with Gasteiger partial charge in [0.05, 0.1) is 16.1 Å². The van der Waals surface area contributed by atoms with E-state index in [0.29, 0.717) is 0 Å². The average Bonchev–Trinajstić information content (AvgIpc) is 2.12. The molecule has 0 radical (unpaired) electrons. The first-order chi connectivity index (χ1) is 6.07. The van der Waals surface area contributed by atoms with Gasteiger partial charge in [-0.1, -0.05) is 29.3 Å². The zero-order valence-electron chi connectivity index (χ0n) is 6.73. The van der Waals surface area contributed by atoms with Crippen LogP contribution in [0.3, 0.4) is 0 Å². The molecule has 1 aromatic carbocycles. The summed E-state index contributed by atoms with van der Waals surface area (Å²) < 4.78 is 13.2. The Bertz CT molecular complexity index is 339. The molecule has 2 N–H and O–H groups in total. The maximum atomic E-state index is 13.2. The van der Waals surface area contributed by atoms with E-state index in [1.807, 2.05) is 0 Å². The van der Waals surface area contributed by atoms with Crippen molar-refractivity contribution < 1.29 is 4.39 Å². The fourth-order valence-corrected chi connectivity index (χ4v) is 1.41. The van der Waals surface area contributed by atoms with Crippen LogP contribution in [0.4, 0.5) is 4.39 Å².